The van der Waals surface area contributed by atoms with Gasteiger partial charge in [0.25, 0.3) is 0 Å². The Morgan fingerprint density at radius 1 is 1.15 bits per heavy atom. The summed E-state index contributed by atoms with van der Waals surface area (Å²) in [6, 6.07) is 0. The van der Waals surface area contributed by atoms with Gasteiger partial charge in [0, 0.05) is 5.92 Å². The van der Waals surface area contributed by atoms with E-state index in [1.807, 2.05) is 6.92 Å². The van der Waals surface area contributed by atoms with Gasteiger partial charge in [-0.05, 0) is 49.7 Å². The zero-order valence-corrected chi connectivity index (χ0v) is 15.9. The van der Waals surface area contributed by atoms with Gasteiger partial charge in [0.2, 0.25) is 0 Å². The van der Waals surface area contributed by atoms with E-state index in [1.54, 1.807) is 0 Å². The first-order valence-electron chi connectivity index (χ1n) is 8.35. The van der Waals surface area contributed by atoms with Crippen molar-refractivity contribution in [1.29, 1.82) is 0 Å². The molecule has 1 rings (SSSR count). The highest BCUT2D eigenvalue weighted by Gasteiger charge is 2.46. The van der Waals surface area contributed by atoms with Crippen LogP contribution in [0.5, 0.6) is 0 Å². The summed E-state index contributed by atoms with van der Waals surface area (Å²) in [5.41, 5.74) is 0. The Kier molecular flexibility index (Phi) is 5.90. The molecule has 0 aromatic heterocycles. The molecule has 3 heteroatoms. The summed E-state index contributed by atoms with van der Waals surface area (Å²) < 4.78 is 6.73. The Morgan fingerprint density at radius 3 is 2.15 bits per heavy atom. The lowest BCUT2D eigenvalue weighted by Crippen LogP contribution is -2.51. The van der Waals surface area contributed by atoms with E-state index < -0.39 is 8.32 Å². The molecule has 120 valence electrons. The summed E-state index contributed by atoms with van der Waals surface area (Å²) in [7, 11) is -1.81. The fraction of sp³-hybridized carbons (Fsp3) is 1.00. The normalized spacial score (nSPS) is 30.6. The average molecular weight is 301 g/mol. The van der Waals surface area contributed by atoms with Gasteiger partial charge in [0.15, 0.2) is 8.32 Å². The van der Waals surface area contributed by atoms with Gasteiger partial charge in [-0.25, -0.2) is 0 Å². The van der Waals surface area contributed by atoms with Crippen LogP contribution >= 0.6 is 0 Å². The second-order valence-corrected chi connectivity index (χ2v) is 12.9. The Bertz CT molecular complexity index is 310. The standard InChI is InChI=1S/C17H36O2Si/c1-12(2)17(5,6)20(7,8)19-16-11-13(3)9-10-15(16)14(4)18/h12-16,18H,9-11H2,1-8H3/t13-,14?,15-,16-/m0/s1. The number of hydrogen-bond donors (Lipinski definition) is 1. The Morgan fingerprint density at radius 2 is 1.70 bits per heavy atom. The lowest BCUT2D eigenvalue weighted by Gasteiger charge is -2.48. The van der Waals surface area contributed by atoms with E-state index in [4.69, 9.17) is 4.43 Å². The second-order valence-electron chi connectivity index (χ2n) is 8.37. The second kappa shape index (κ2) is 6.49. The van der Waals surface area contributed by atoms with Crippen LogP contribution in [0.3, 0.4) is 0 Å². The maximum Gasteiger partial charge on any atom is 0.192 e. The minimum Gasteiger partial charge on any atom is -0.414 e. The van der Waals surface area contributed by atoms with E-state index in [-0.39, 0.29) is 17.2 Å². The van der Waals surface area contributed by atoms with Gasteiger partial charge >= 0.3 is 0 Å². The van der Waals surface area contributed by atoms with Gasteiger partial charge < -0.3 is 9.53 Å². The van der Waals surface area contributed by atoms with E-state index in [0.29, 0.717) is 11.8 Å². The molecule has 0 aliphatic heterocycles. The van der Waals surface area contributed by atoms with E-state index in [9.17, 15) is 5.11 Å². The van der Waals surface area contributed by atoms with Crippen molar-refractivity contribution in [3.05, 3.63) is 0 Å². The van der Waals surface area contributed by atoms with Crippen LogP contribution in [0.2, 0.25) is 18.1 Å². The largest absolute Gasteiger partial charge is 0.414 e. The van der Waals surface area contributed by atoms with Crippen molar-refractivity contribution in [2.75, 3.05) is 0 Å². The molecule has 0 radical (unpaired) electrons. The summed E-state index contributed by atoms with van der Waals surface area (Å²) in [5.74, 6) is 1.66. The highest BCUT2D eigenvalue weighted by atomic mass is 28.4. The highest BCUT2D eigenvalue weighted by Crippen LogP contribution is 2.47. The molecule has 0 heterocycles. The molecular weight excluding hydrogens is 264 g/mol. The number of rotatable bonds is 5. The molecule has 1 N–H and O–H groups in total. The van der Waals surface area contributed by atoms with Crippen molar-refractivity contribution in [3.63, 3.8) is 0 Å². The van der Waals surface area contributed by atoms with Crippen molar-refractivity contribution < 1.29 is 9.53 Å². The molecular formula is C17H36O2Si. The quantitative estimate of drug-likeness (QED) is 0.737. The predicted octanol–water partition coefficient (Wildman–Crippen LogP) is 4.83. The third kappa shape index (κ3) is 3.86. The minimum absolute atomic E-state index is 0.247. The number of aliphatic hydroxyl groups is 1. The van der Waals surface area contributed by atoms with Crippen LogP contribution in [0, 0.1) is 17.8 Å². The summed E-state index contributed by atoms with van der Waals surface area (Å²) >= 11 is 0. The first-order valence-corrected chi connectivity index (χ1v) is 11.3. The third-order valence-corrected chi connectivity index (χ3v) is 10.7. The zero-order valence-electron chi connectivity index (χ0n) is 14.9. The van der Waals surface area contributed by atoms with Gasteiger partial charge in [-0.15, -0.1) is 0 Å². The van der Waals surface area contributed by atoms with Crippen LogP contribution in [0.4, 0.5) is 0 Å². The Labute approximate surface area is 127 Å². The summed E-state index contributed by atoms with van der Waals surface area (Å²) in [6.07, 6.45) is 3.44. The molecule has 20 heavy (non-hydrogen) atoms. The van der Waals surface area contributed by atoms with E-state index in [1.165, 1.54) is 6.42 Å². The minimum atomic E-state index is -1.81. The fourth-order valence-corrected chi connectivity index (χ4v) is 5.99. The van der Waals surface area contributed by atoms with Crippen LogP contribution in [0.1, 0.15) is 60.8 Å². The first kappa shape index (κ1) is 18.2. The van der Waals surface area contributed by atoms with Gasteiger partial charge in [-0.3, -0.25) is 0 Å². The highest BCUT2D eigenvalue weighted by molar-refractivity contribution is 6.74. The van der Waals surface area contributed by atoms with Crippen LogP contribution in [0.25, 0.3) is 0 Å². The van der Waals surface area contributed by atoms with Gasteiger partial charge in [-0.2, -0.15) is 0 Å². The van der Waals surface area contributed by atoms with Crippen LogP contribution in [-0.2, 0) is 4.43 Å². The van der Waals surface area contributed by atoms with Crippen molar-refractivity contribution >= 4 is 8.32 Å². The molecule has 2 nitrogen and oxygen atoms in total. The fourth-order valence-electron chi connectivity index (χ4n) is 3.26. The summed E-state index contributed by atoms with van der Waals surface area (Å²) in [5, 5.41) is 10.3. The van der Waals surface area contributed by atoms with Crippen molar-refractivity contribution in [1.82, 2.24) is 0 Å². The molecule has 1 saturated carbocycles. The van der Waals surface area contributed by atoms with Crippen LogP contribution in [0.15, 0.2) is 0 Å². The van der Waals surface area contributed by atoms with E-state index in [2.05, 4.69) is 47.7 Å². The predicted molar refractivity (Wildman–Crippen MR) is 89.4 cm³/mol. The number of aliphatic hydroxyl groups excluding tert-OH is 1. The molecule has 0 spiro atoms. The Hall–Kier alpha value is 0.137. The average Bonchev–Trinajstić information content (AvgIpc) is 2.27. The van der Waals surface area contributed by atoms with E-state index >= 15 is 0 Å². The van der Waals surface area contributed by atoms with Crippen molar-refractivity contribution in [2.45, 2.75) is 91.1 Å². The lowest BCUT2D eigenvalue weighted by molar-refractivity contribution is -0.0110. The van der Waals surface area contributed by atoms with Gasteiger partial charge in [0.1, 0.15) is 0 Å². The smallest absolute Gasteiger partial charge is 0.192 e. The first-order chi connectivity index (χ1) is 8.99. The molecule has 1 aliphatic carbocycles. The topological polar surface area (TPSA) is 29.5 Å². The van der Waals surface area contributed by atoms with Crippen molar-refractivity contribution in [2.24, 2.45) is 17.8 Å². The third-order valence-electron chi connectivity index (χ3n) is 6.17. The van der Waals surface area contributed by atoms with Crippen LogP contribution in [-0.4, -0.2) is 25.6 Å². The molecule has 0 saturated heterocycles. The van der Waals surface area contributed by atoms with Gasteiger partial charge in [-0.1, -0.05) is 41.0 Å². The molecule has 0 amide bonds. The summed E-state index contributed by atoms with van der Waals surface area (Å²) in [6.45, 7) is 18.3. The molecule has 0 aromatic carbocycles. The molecule has 1 aliphatic rings. The monoisotopic (exact) mass is 300 g/mol. The van der Waals surface area contributed by atoms with Crippen LogP contribution < -0.4 is 0 Å². The lowest BCUT2D eigenvalue weighted by atomic mass is 9.78. The Balaban J connectivity index is 2.87. The molecule has 1 unspecified atom stereocenters. The van der Waals surface area contributed by atoms with Gasteiger partial charge in [0.05, 0.1) is 12.2 Å². The summed E-state index contributed by atoms with van der Waals surface area (Å²) in [4.78, 5) is 0. The van der Waals surface area contributed by atoms with E-state index in [0.717, 1.165) is 18.8 Å². The number of hydrogen-bond acceptors (Lipinski definition) is 2. The molecule has 1 fully saturated rings. The molecule has 4 atom stereocenters. The SMILES string of the molecule is CC(O)[C@@H]1CC[C@H](C)C[C@@H]1O[Si](C)(C)C(C)(C)C(C)C. The molecule has 0 aromatic rings. The van der Waals surface area contributed by atoms with Crippen molar-refractivity contribution in [3.8, 4) is 0 Å². The zero-order chi connectivity index (χ0) is 15.7. The molecule has 0 bridgehead atoms. The maximum absolute atomic E-state index is 10.1. The maximum atomic E-state index is 10.1.